The SMILES string of the molecule is C[C@@]12CCC[C@@](C)(C(=O)O)[C@H]1CCC13C[C@@H](CC[C@H]12)[C@@H](CO)C3. The molecule has 0 aromatic heterocycles. The van der Waals surface area contributed by atoms with Crippen LogP contribution in [-0.2, 0) is 4.79 Å². The molecular formula is C20H32O3. The Kier molecular flexibility index (Phi) is 3.44. The predicted octanol–water partition coefficient (Wildman–Crippen LogP) is 4.09. The quantitative estimate of drug-likeness (QED) is 0.805. The fourth-order valence-electron chi connectivity index (χ4n) is 8.06. The molecule has 0 saturated heterocycles. The molecule has 4 saturated carbocycles. The van der Waals surface area contributed by atoms with Crippen molar-refractivity contribution in [1.29, 1.82) is 0 Å². The molecule has 3 nitrogen and oxygen atoms in total. The van der Waals surface area contributed by atoms with Gasteiger partial charge in [-0.15, -0.1) is 0 Å². The zero-order valence-electron chi connectivity index (χ0n) is 14.7. The molecule has 0 aromatic rings. The van der Waals surface area contributed by atoms with Crippen LogP contribution in [0.2, 0.25) is 0 Å². The van der Waals surface area contributed by atoms with Gasteiger partial charge in [-0.05, 0) is 92.8 Å². The van der Waals surface area contributed by atoms with E-state index in [9.17, 15) is 15.0 Å². The third-order valence-corrected chi connectivity index (χ3v) is 9.00. The highest BCUT2D eigenvalue weighted by Crippen LogP contribution is 2.72. The van der Waals surface area contributed by atoms with Crippen molar-refractivity contribution in [2.45, 2.75) is 71.6 Å². The number of carbonyl (C=O) groups is 1. The lowest BCUT2D eigenvalue weighted by Gasteiger charge is -2.63. The minimum absolute atomic E-state index is 0.193. The summed E-state index contributed by atoms with van der Waals surface area (Å²) in [6.07, 6.45) is 10.4. The maximum Gasteiger partial charge on any atom is 0.309 e. The van der Waals surface area contributed by atoms with Crippen LogP contribution >= 0.6 is 0 Å². The molecule has 4 aliphatic rings. The molecule has 130 valence electrons. The molecule has 1 unspecified atom stereocenters. The van der Waals surface area contributed by atoms with Crippen molar-refractivity contribution in [3.8, 4) is 0 Å². The summed E-state index contributed by atoms with van der Waals surface area (Å²) in [6.45, 7) is 4.80. The molecule has 0 radical (unpaired) electrons. The number of rotatable bonds is 2. The van der Waals surface area contributed by atoms with Crippen LogP contribution < -0.4 is 0 Å². The molecule has 3 heteroatoms. The normalized spacial score (nSPS) is 55.1. The van der Waals surface area contributed by atoms with Crippen molar-refractivity contribution in [2.75, 3.05) is 6.61 Å². The molecule has 7 atom stereocenters. The van der Waals surface area contributed by atoms with Gasteiger partial charge in [-0.25, -0.2) is 0 Å². The number of hydrogen-bond donors (Lipinski definition) is 2. The second kappa shape index (κ2) is 4.97. The van der Waals surface area contributed by atoms with E-state index in [1.165, 1.54) is 38.5 Å². The largest absolute Gasteiger partial charge is 0.481 e. The zero-order valence-corrected chi connectivity index (χ0v) is 14.7. The van der Waals surface area contributed by atoms with Gasteiger partial charge in [0.05, 0.1) is 5.41 Å². The molecule has 2 N–H and O–H groups in total. The topological polar surface area (TPSA) is 57.5 Å². The standard InChI is InChI=1S/C20H32O3/c1-18-7-3-8-19(2,17(22)23)15(18)6-9-20-10-13(4-5-16(18)20)14(11-20)12-21/h13-16,21H,3-12H2,1-2H3,(H,22,23)/t13-,14-,15+,16+,18-,19-,20?/m1/s1. The number of hydrogen-bond acceptors (Lipinski definition) is 2. The minimum Gasteiger partial charge on any atom is -0.481 e. The first kappa shape index (κ1) is 15.9. The van der Waals surface area contributed by atoms with E-state index in [0.717, 1.165) is 25.2 Å². The summed E-state index contributed by atoms with van der Waals surface area (Å²) in [7, 11) is 0. The Labute approximate surface area is 139 Å². The van der Waals surface area contributed by atoms with Gasteiger partial charge in [0.2, 0.25) is 0 Å². The summed E-state index contributed by atoms with van der Waals surface area (Å²) in [5.74, 6) is 1.68. The molecule has 4 fully saturated rings. The van der Waals surface area contributed by atoms with Gasteiger partial charge in [-0.1, -0.05) is 13.3 Å². The van der Waals surface area contributed by atoms with Crippen LogP contribution in [-0.4, -0.2) is 22.8 Å². The van der Waals surface area contributed by atoms with E-state index < -0.39 is 11.4 Å². The van der Waals surface area contributed by atoms with Gasteiger partial charge in [0.15, 0.2) is 0 Å². The average molecular weight is 320 g/mol. The van der Waals surface area contributed by atoms with Crippen LogP contribution in [0.1, 0.15) is 71.6 Å². The van der Waals surface area contributed by atoms with E-state index in [1.54, 1.807) is 0 Å². The van der Waals surface area contributed by atoms with Crippen LogP contribution in [0.5, 0.6) is 0 Å². The summed E-state index contributed by atoms with van der Waals surface area (Å²) in [4.78, 5) is 12.1. The Balaban J connectivity index is 1.71. The van der Waals surface area contributed by atoms with Crippen molar-refractivity contribution in [3.63, 3.8) is 0 Å². The van der Waals surface area contributed by atoms with Crippen molar-refractivity contribution in [3.05, 3.63) is 0 Å². The summed E-state index contributed by atoms with van der Waals surface area (Å²) in [6, 6.07) is 0. The molecule has 4 aliphatic carbocycles. The van der Waals surface area contributed by atoms with Gasteiger partial charge in [0, 0.05) is 6.61 Å². The van der Waals surface area contributed by atoms with Crippen LogP contribution in [0, 0.1) is 39.9 Å². The fraction of sp³-hybridized carbons (Fsp3) is 0.950. The summed E-state index contributed by atoms with van der Waals surface area (Å²) >= 11 is 0. The first-order valence-electron chi connectivity index (χ1n) is 9.70. The molecule has 0 aromatic carbocycles. The van der Waals surface area contributed by atoms with Crippen LogP contribution in [0.15, 0.2) is 0 Å². The molecule has 0 aliphatic heterocycles. The lowest BCUT2D eigenvalue weighted by molar-refractivity contribution is -0.181. The summed E-state index contributed by atoms with van der Waals surface area (Å²) in [5.41, 5.74) is 0.0811. The molecular weight excluding hydrogens is 288 g/mol. The van der Waals surface area contributed by atoms with E-state index in [-0.39, 0.29) is 5.41 Å². The maximum atomic E-state index is 12.1. The number of fused-ring (bicyclic) bond motifs is 3. The Morgan fingerprint density at radius 2 is 1.83 bits per heavy atom. The van der Waals surface area contributed by atoms with Crippen molar-refractivity contribution < 1.29 is 15.0 Å². The molecule has 4 rings (SSSR count). The number of carboxylic acid groups (broad SMARTS) is 1. The Morgan fingerprint density at radius 1 is 1.04 bits per heavy atom. The third kappa shape index (κ3) is 1.95. The number of aliphatic carboxylic acids is 1. The van der Waals surface area contributed by atoms with Crippen LogP contribution in [0.4, 0.5) is 0 Å². The second-order valence-corrected chi connectivity index (χ2v) is 9.78. The van der Waals surface area contributed by atoms with E-state index in [1.807, 2.05) is 6.92 Å². The van der Waals surface area contributed by atoms with E-state index in [4.69, 9.17) is 0 Å². The minimum atomic E-state index is -0.572. The van der Waals surface area contributed by atoms with Crippen molar-refractivity contribution in [1.82, 2.24) is 0 Å². The first-order valence-corrected chi connectivity index (χ1v) is 9.70. The Bertz CT molecular complexity index is 517. The second-order valence-electron chi connectivity index (χ2n) is 9.78. The van der Waals surface area contributed by atoms with E-state index in [0.29, 0.717) is 29.8 Å². The number of aliphatic hydroxyl groups is 1. The lowest BCUT2D eigenvalue weighted by Crippen LogP contribution is -2.58. The van der Waals surface area contributed by atoms with Crippen molar-refractivity contribution in [2.24, 2.45) is 39.9 Å². The average Bonchev–Trinajstić information content (AvgIpc) is 2.77. The smallest absolute Gasteiger partial charge is 0.309 e. The van der Waals surface area contributed by atoms with Gasteiger partial charge in [-0.3, -0.25) is 4.79 Å². The maximum absolute atomic E-state index is 12.1. The monoisotopic (exact) mass is 320 g/mol. The highest BCUT2D eigenvalue weighted by Gasteiger charge is 2.65. The fourth-order valence-corrected chi connectivity index (χ4v) is 8.06. The third-order valence-electron chi connectivity index (χ3n) is 9.00. The van der Waals surface area contributed by atoms with Crippen LogP contribution in [0.25, 0.3) is 0 Å². The van der Waals surface area contributed by atoms with E-state index >= 15 is 0 Å². The van der Waals surface area contributed by atoms with Gasteiger partial charge in [0.25, 0.3) is 0 Å². The van der Waals surface area contributed by atoms with Gasteiger partial charge in [0.1, 0.15) is 0 Å². The molecule has 0 heterocycles. The summed E-state index contributed by atoms with van der Waals surface area (Å²) < 4.78 is 0. The first-order chi connectivity index (χ1) is 10.9. The van der Waals surface area contributed by atoms with Gasteiger partial charge in [-0.2, -0.15) is 0 Å². The molecule has 1 spiro atoms. The predicted molar refractivity (Wildman–Crippen MR) is 88.9 cm³/mol. The lowest BCUT2D eigenvalue weighted by atomic mass is 9.41. The number of aliphatic hydroxyl groups excluding tert-OH is 1. The van der Waals surface area contributed by atoms with Crippen molar-refractivity contribution >= 4 is 5.97 Å². The van der Waals surface area contributed by atoms with Gasteiger partial charge >= 0.3 is 5.97 Å². The molecule has 23 heavy (non-hydrogen) atoms. The highest BCUT2D eigenvalue weighted by molar-refractivity contribution is 5.75. The Morgan fingerprint density at radius 3 is 2.52 bits per heavy atom. The zero-order chi connectivity index (χ0) is 16.5. The molecule has 2 bridgehead atoms. The van der Waals surface area contributed by atoms with Gasteiger partial charge < -0.3 is 10.2 Å². The highest BCUT2D eigenvalue weighted by atomic mass is 16.4. The number of carboxylic acids is 1. The Hall–Kier alpha value is -0.570. The summed E-state index contributed by atoms with van der Waals surface area (Å²) in [5, 5.41) is 19.7. The van der Waals surface area contributed by atoms with E-state index in [2.05, 4.69) is 6.92 Å². The van der Waals surface area contributed by atoms with Crippen LogP contribution in [0.3, 0.4) is 0 Å². The molecule has 0 amide bonds.